The molecule has 0 radical (unpaired) electrons. The van der Waals surface area contributed by atoms with Gasteiger partial charge in [0.05, 0.1) is 25.4 Å². The van der Waals surface area contributed by atoms with E-state index in [4.69, 9.17) is 4.74 Å². The fourth-order valence-corrected chi connectivity index (χ4v) is 1.11. The third-order valence-corrected chi connectivity index (χ3v) is 1.88. The van der Waals surface area contributed by atoms with E-state index in [1.54, 1.807) is 0 Å². The van der Waals surface area contributed by atoms with Gasteiger partial charge in [0, 0.05) is 6.04 Å². The first-order chi connectivity index (χ1) is 5.24. The van der Waals surface area contributed by atoms with Gasteiger partial charge in [-0.25, -0.2) is 0 Å². The second-order valence-electron chi connectivity index (χ2n) is 2.90. The maximum absolute atomic E-state index is 9.31. The van der Waals surface area contributed by atoms with Crippen LogP contribution in [0.3, 0.4) is 0 Å². The molecular weight excluding hydrogens is 142 g/mol. The minimum absolute atomic E-state index is 0.0722. The van der Waals surface area contributed by atoms with Crippen LogP contribution in [-0.2, 0) is 4.74 Å². The number of aliphatic hydroxyl groups excluding tert-OH is 1. The van der Waals surface area contributed by atoms with Crippen LogP contribution in [0.1, 0.15) is 6.92 Å². The number of hydrogen-bond donors (Lipinski definition) is 2. The number of rotatable bonds is 3. The van der Waals surface area contributed by atoms with E-state index in [2.05, 4.69) is 11.9 Å². The van der Waals surface area contributed by atoms with Gasteiger partial charge in [-0.05, 0) is 6.92 Å². The zero-order valence-electron chi connectivity index (χ0n) is 6.79. The van der Waals surface area contributed by atoms with E-state index < -0.39 is 0 Å². The van der Waals surface area contributed by atoms with Crippen LogP contribution in [0.25, 0.3) is 0 Å². The molecule has 3 nitrogen and oxygen atoms in total. The molecule has 1 saturated heterocycles. The lowest BCUT2D eigenvalue weighted by molar-refractivity contribution is 0.122. The highest BCUT2D eigenvalue weighted by Crippen LogP contribution is 2.05. The molecule has 64 valence electrons. The molecule has 0 aromatic heterocycles. The normalized spacial score (nSPS) is 33.6. The molecule has 0 amide bonds. The zero-order valence-corrected chi connectivity index (χ0v) is 6.79. The molecular formula is C8H15NO2. The summed E-state index contributed by atoms with van der Waals surface area (Å²) in [6.07, 6.45) is 1.45. The van der Waals surface area contributed by atoms with Crippen molar-refractivity contribution in [1.82, 2.24) is 5.32 Å². The molecule has 3 atom stereocenters. The monoisotopic (exact) mass is 157 g/mol. The Balaban J connectivity index is 2.30. The van der Waals surface area contributed by atoms with Gasteiger partial charge in [-0.1, -0.05) is 6.08 Å². The summed E-state index contributed by atoms with van der Waals surface area (Å²) in [6, 6.07) is 0.305. The second-order valence-corrected chi connectivity index (χ2v) is 2.90. The number of nitrogens with one attached hydrogen (secondary N) is 1. The average molecular weight is 157 g/mol. The zero-order chi connectivity index (χ0) is 8.27. The molecule has 1 aliphatic heterocycles. The lowest BCUT2D eigenvalue weighted by atomic mass is 10.2. The Morgan fingerprint density at radius 2 is 2.45 bits per heavy atom. The van der Waals surface area contributed by atoms with Crippen LogP contribution < -0.4 is 5.32 Å². The smallest absolute Gasteiger partial charge is 0.0948 e. The number of hydrogen-bond acceptors (Lipinski definition) is 3. The van der Waals surface area contributed by atoms with Gasteiger partial charge in [-0.15, -0.1) is 6.58 Å². The molecule has 1 fully saturated rings. The summed E-state index contributed by atoms with van der Waals surface area (Å²) in [6.45, 7) is 6.68. The third kappa shape index (κ3) is 2.29. The standard InChI is InChI=1S/C8H15NO2/c1-3-6(2)9-7-4-11-5-8(7)10/h3,6-10H,1,4-5H2,2H3. The van der Waals surface area contributed by atoms with Crippen LogP contribution in [-0.4, -0.2) is 36.5 Å². The van der Waals surface area contributed by atoms with Gasteiger partial charge in [-0.3, -0.25) is 0 Å². The maximum Gasteiger partial charge on any atom is 0.0948 e. The van der Waals surface area contributed by atoms with Gasteiger partial charge in [-0.2, -0.15) is 0 Å². The Kier molecular flexibility index (Phi) is 3.05. The maximum atomic E-state index is 9.31. The minimum atomic E-state index is -0.364. The highest BCUT2D eigenvalue weighted by atomic mass is 16.5. The highest BCUT2D eigenvalue weighted by molar-refractivity contribution is 4.89. The molecule has 0 saturated carbocycles. The van der Waals surface area contributed by atoms with E-state index in [1.807, 2.05) is 13.0 Å². The Morgan fingerprint density at radius 3 is 2.91 bits per heavy atom. The van der Waals surface area contributed by atoms with Crippen molar-refractivity contribution in [3.05, 3.63) is 12.7 Å². The molecule has 3 unspecified atom stereocenters. The Labute approximate surface area is 67.1 Å². The van der Waals surface area contributed by atoms with E-state index in [0.717, 1.165) is 0 Å². The lowest BCUT2D eigenvalue weighted by Crippen LogP contribution is -2.42. The summed E-state index contributed by atoms with van der Waals surface area (Å²) in [5.74, 6) is 0. The van der Waals surface area contributed by atoms with Crippen molar-refractivity contribution in [2.24, 2.45) is 0 Å². The van der Waals surface area contributed by atoms with Gasteiger partial charge in [0.25, 0.3) is 0 Å². The van der Waals surface area contributed by atoms with Crippen molar-refractivity contribution in [3.8, 4) is 0 Å². The molecule has 2 N–H and O–H groups in total. The van der Waals surface area contributed by atoms with Crippen LogP contribution in [0.2, 0.25) is 0 Å². The molecule has 1 aliphatic rings. The first kappa shape index (κ1) is 8.71. The molecule has 11 heavy (non-hydrogen) atoms. The molecule has 0 aliphatic carbocycles. The predicted octanol–water partition coefficient (Wildman–Crippen LogP) is -0.0898. The first-order valence-electron chi connectivity index (χ1n) is 3.88. The van der Waals surface area contributed by atoms with Crippen molar-refractivity contribution >= 4 is 0 Å². The molecule has 0 aromatic rings. The lowest BCUT2D eigenvalue weighted by Gasteiger charge is -2.17. The molecule has 1 rings (SSSR count). The Morgan fingerprint density at radius 1 is 1.73 bits per heavy atom. The van der Waals surface area contributed by atoms with E-state index in [1.165, 1.54) is 0 Å². The number of aliphatic hydroxyl groups is 1. The summed E-state index contributed by atoms with van der Waals surface area (Å²) in [5, 5.41) is 12.5. The highest BCUT2D eigenvalue weighted by Gasteiger charge is 2.26. The quantitative estimate of drug-likeness (QED) is 0.563. The summed E-state index contributed by atoms with van der Waals surface area (Å²) in [7, 11) is 0. The molecule has 0 spiro atoms. The van der Waals surface area contributed by atoms with Gasteiger partial charge in [0.15, 0.2) is 0 Å². The van der Waals surface area contributed by atoms with Crippen molar-refractivity contribution in [2.45, 2.75) is 25.1 Å². The van der Waals surface area contributed by atoms with E-state index in [0.29, 0.717) is 13.2 Å². The average Bonchev–Trinajstić information content (AvgIpc) is 2.37. The Hall–Kier alpha value is -0.380. The van der Waals surface area contributed by atoms with Crippen LogP contribution >= 0.6 is 0 Å². The molecule has 3 heteroatoms. The number of ether oxygens (including phenoxy) is 1. The first-order valence-corrected chi connectivity index (χ1v) is 3.88. The Bertz CT molecular complexity index is 138. The van der Waals surface area contributed by atoms with Crippen LogP contribution in [0.5, 0.6) is 0 Å². The van der Waals surface area contributed by atoms with Crippen molar-refractivity contribution in [1.29, 1.82) is 0 Å². The summed E-state index contributed by atoms with van der Waals surface area (Å²) >= 11 is 0. The topological polar surface area (TPSA) is 41.5 Å². The van der Waals surface area contributed by atoms with Crippen LogP contribution in [0, 0.1) is 0 Å². The van der Waals surface area contributed by atoms with Crippen molar-refractivity contribution in [2.75, 3.05) is 13.2 Å². The second kappa shape index (κ2) is 3.85. The van der Waals surface area contributed by atoms with Gasteiger partial charge >= 0.3 is 0 Å². The van der Waals surface area contributed by atoms with E-state index in [9.17, 15) is 5.11 Å². The van der Waals surface area contributed by atoms with Crippen LogP contribution in [0.15, 0.2) is 12.7 Å². The fourth-order valence-electron chi connectivity index (χ4n) is 1.11. The van der Waals surface area contributed by atoms with Crippen molar-refractivity contribution in [3.63, 3.8) is 0 Å². The summed E-state index contributed by atoms with van der Waals surface area (Å²) in [5.41, 5.74) is 0. The van der Waals surface area contributed by atoms with E-state index in [-0.39, 0.29) is 18.2 Å². The fraction of sp³-hybridized carbons (Fsp3) is 0.750. The van der Waals surface area contributed by atoms with Crippen LogP contribution in [0.4, 0.5) is 0 Å². The van der Waals surface area contributed by atoms with Gasteiger partial charge in [0.2, 0.25) is 0 Å². The summed E-state index contributed by atoms with van der Waals surface area (Å²) < 4.78 is 5.07. The minimum Gasteiger partial charge on any atom is -0.389 e. The largest absolute Gasteiger partial charge is 0.389 e. The SMILES string of the molecule is C=CC(C)NC1COCC1O. The van der Waals surface area contributed by atoms with Crippen molar-refractivity contribution < 1.29 is 9.84 Å². The van der Waals surface area contributed by atoms with Gasteiger partial charge < -0.3 is 15.2 Å². The molecule has 1 heterocycles. The molecule has 0 bridgehead atoms. The molecule has 0 aromatic carbocycles. The summed E-state index contributed by atoms with van der Waals surface area (Å²) in [4.78, 5) is 0. The van der Waals surface area contributed by atoms with E-state index >= 15 is 0 Å². The predicted molar refractivity (Wildman–Crippen MR) is 43.4 cm³/mol. The third-order valence-electron chi connectivity index (χ3n) is 1.88. The van der Waals surface area contributed by atoms with Gasteiger partial charge in [0.1, 0.15) is 0 Å².